The Kier molecular flexibility index (Phi) is 4.72. The summed E-state index contributed by atoms with van der Waals surface area (Å²) in [6, 6.07) is 13.3. The predicted octanol–water partition coefficient (Wildman–Crippen LogP) is 3.42. The van der Waals surface area contributed by atoms with Gasteiger partial charge in [-0.2, -0.15) is 0 Å². The number of carbonyl (C=O) groups excluding carboxylic acids is 1. The molecular weight excluding hydrogens is 364 g/mol. The van der Waals surface area contributed by atoms with Crippen LogP contribution in [-0.4, -0.2) is 32.7 Å². The minimum absolute atomic E-state index is 0.127. The Labute approximate surface area is 160 Å². The third-order valence-corrected chi connectivity index (χ3v) is 5.24. The number of aromatic nitrogens is 3. The van der Waals surface area contributed by atoms with Gasteiger partial charge in [0.25, 0.3) is 0 Å². The van der Waals surface area contributed by atoms with E-state index in [4.69, 9.17) is 9.47 Å². The lowest BCUT2D eigenvalue weighted by molar-refractivity contribution is -0.115. The van der Waals surface area contributed by atoms with Crippen LogP contribution in [0, 0.1) is 6.92 Å². The molecule has 1 aromatic heterocycles. The van der Waals surface area contributed by atoms with E-state index in [1.165, 1.54) is 11.8 Å². The molecule has 0 saturated heterocycles. The van der Waals surface area contributed by atoms with Crippen molar-refractivity contribution in [1.29, 1.82) is 0 Å². The summed E-state index contributed by atoms with van der Waals surface area (Å²) in [6.07, 6.45) is 1.66. The smallest absolute Gasteiger partial charge is 0.237 e. The number of ether oxygens (including phenoxy) is 2. The van der Waals surface area contributed by atoms with Gasteiger partial charge in [0.15, 0.2) is 16.7 Å². The van der Waals surface area contributed by atoms with Crippen LogP contribution in [0.3, 0.4) is 0 Å². The molecule has 0 aliphatic carbocycles. The third-order valence-electron chi connectivity index (χ3n) is 4.18. The van der Waals surface area contributed by atoms with Crippen LogP contribution in [0.4, 0.5) is 5.69 Å². The van der Waals surface area contributed by atoms with Gasteiger partial charge in [-0.3, -0.25) is 9.36 Å². The second kappa shape index (κ2) is 7.32. The number of nitrogens with one attached hydrogen (secondary N) is 1. The number of hydrogen-bond donors (Lipinski definition) is 1. The molecular formula is C19H18N4O3S. The van der Waals surface area contributed by atoms with Crippen molar-refractivity contribution >= 4 is 23.4 Å². The van der Waals surface area contributed by atoms with Gasteiger partial charge in [0, 0.05) is 11.8 Å². The van der Waals surface area contributed by atoms with Crippen molar-refractivity contribution in [3.05, 3.63) is 54.4 Å². The summed E-state index contributed by atoms with van der Waals surface area (Å²) in [5.74, 6) is 1.19. The highest BCUT2D eigenvalue weighted by Gasteiger charge is 2.20. The normalized spacial score (nSPS) is 13.4. The van der Waals surface area contributed by atoms with Crippen molar-refractivity contribution in [3.63, 3.8) is 0 Å². The molecule has 0 bridgehead atoms. The molecule has 27 heavy (non-hydrogen) atoms. The highest BCUT2D eigenvalue weighted by Crippen LogP contribution is 2.34. The number of anilines is 1. The molecule has 0 spiro atoms. The van der Waals surface area contributed by atoms with Crippen molar-refractivity contribution in [1.82, 2.24) is 14.8 Å². The molecule has 138 valence electrons. The highest BCUT2D eigenvalue weighted by atomic mass is 32.2. The maximum absolute atomic E-state index is 12.6. The Morgan fingerprint density at radius 2 is 2.04 bits per heavy atom. The molecule has 4 rings (SSSR count). The van der Waals surface area contributed by atoms with Crippen LogP contribution in [0.2, 0.25) is 0 Å². The Hall–Kier alpha value is -3.00. The zero-order chi connectivity index (χ0) is 18.8. The molecule has 1 atom stereocenters. The zero-order valence-corrected chi connectivity index (χ0v) is 15.7. The molecule has 0 unspecified atom stereocenters. The maximum Gasteiger partial charge on any atom is 0.237 e. The van der Waals surface area contributed by atoms with Gasteiger partial charge in [-0.25, -0.2) is 0 Å². The summed E-state index contributed by atoms with van der Waals surface area (Å²) in [7, 11) is 0. The van der Waals surface area contributed by atoms with E-state index in [-0.39, 0.29) is 18.0 Å². The third kappa shape index (κ3) is 3.61. The van der Waals surface area contributed by atoms with E-state index in [0.717, 1.165) is 11.3 Å². The highest BCUT2D eigenvalue weighted by molar-refractivity contribution is 8.00. The van der Waals surface area contributed by atoms with Gasteiger partial charge in [-0.15, -0.1) is 10.2 Å². The molecule has 3 aromatic rings. The Morgan fingerprint density at radius 1 is 1.22 bits per heavy atom. The van der Waals surface area contributed by atoms with Gasteiger partial charge in [-0.1, -0.05) is 30.0 Å². The lowest BCUT2D eigenvalue weighted by Crippen LogP contribution is -2.22. The Balaban J connectivity index is 1.47. The number of nitrogens with zero attached hydrogens (tertiary/aromatic N) is 3. The SMILES string of the molecule is Cc1ccccc1-n1cnnc1S[C@H](C)C(=O)Nc1ccc2c(c1)OCO2. The number of thioether (sulfide) groups is 1. The average molecular weight is 382 g/mol. The Bertz CT molecular complexity index is 989. The summed E-state index contributed by atoms with van der Waals surface area (Å²) < 4.78 is 12.5. The summed E-state index contributed by atoms with van der Waals surface area (Å²) in [5, 5.41) is 11.4. The molecule has 8 heteroatoms. The number of benzene rings is 2. The minimum atomic E-state index is -0.359. The van der Waals surface area contributed by atoms with Crippen LogP contribution in [-0.2, 0) is 4.79 Å². The number of aryl methyl sites for hydroxylation is 1. The van der Waals surface area contributed by atoms with Crippen molar-refractivity contribution < 1.29 is 14.3 Å². The van der Waals surface area contributed by atoms with Crippen LogP contribution in [0.15, 0.2) is 53.9 Å². The van der Waals surface area contributed by atoms with Gasteiger partial charge in [0.05, 0.1) is 10.9 Å². The number of hydrogen-bond acceptors (Lipinski definition) is 6. The van der Waals surface area contributed by atoms with Gasteiger partial charge >= 0.3 is 0 Å². The fourth-order valence-electron chi connectivity index (χ4n) is 2.73. The van der Waals surface area contributed by atoms with Crippen LogP contribution in [0.5, 0.6) is 11.5 Å². The minimum Gasteiger partial charge on any atom is -0.454 e. The van der Waals surface area contributed by atoms with Crippen molar-refractivity contribution in [3.8, 4) is 17.2 Å². The van der Waals surface area contributed by atoms with E-state index in [1.807, 2.05) is 42.7 Å². The summed E-state index contributed by atoms with van der Waals surface area (Å²) in [6.45, 7) is 4.07. The van der Waals surface area contributed by atoms with Crippen LogP contribution >= 0.6 is 11.8 Å². The fraction of sp³-hybridized carbons (Fsp3) is 0.211. The summed E-state index contributed by atoms with van der Waals surface area (Å²) in [5.41, 5.74) is 2.77. The van der Waals surface area contributed by atoms with Crippen LogP contribution in [0.1, 0.15) is 12.5 Å². The number of rotatable bonds is 5. The van der Waals surface area contributed by atoms with Gasteiger partial charge < -0.3 is 14.8 Å². The summed E-state index contributed by atoms with van der Waals surface area (Å²) >= 11 is 1.35. The van der Waals surface area contributed by atoms with Gasteiger partial charge in [0.1, 0.15) is 6.33 Å². The number of carbonyl (C=O) groups is 1. The molecule has 0 saturated carbocycles. The molecule has 1 amide bonds. The summed E-state index contributed by atoms with van der Waals surface area (Å²) in [4.78, 5) is 12.6. The molecule has 1 aliphatic rings. The molecule has 1 aliphatic heterocycles. The van der Waals surface area contributed by atoms with Gasteiger partial charge in [0.2, 0.25) is 12.7 Å². The molecule has 1 N–H and O–H groups in total. The molecule has 7 nitrogen and oxygen atoms in total. The maximum atomic E-state index is 12.6. The standard InChI is InChI=1S/C19H18N4O3S/c1-12-5-3-4-6-15(12)23-10-20-22-19(23)27-13(2)18(24)21-14-7-8-16-17(9-14)26-11-25-16/h3-10,13H,11H2,1-2H3,(H,21,24)/t13-/m1/s1. The molecule has 0 fully saturated rings. The van der Waals surface area contributed by atoms with Crippen molar-refractivity contribution in [2.24, 2.45) is 0 Å². The van der Waals surface area contributed by atoms with Crippen LogP contribution < -0.4 is 14.8 Å². The Morgan fingerprint density at radius 3 is 2.89 bits per heavy atom. The van der Waals surface area contributed by atoms with E-state index in [9.17, 15) is 4.79 Å². The first-order valence-electron chi connectivity index (χ1n) is 8.45. The second-order valence-corrected chi connectivity index (χ2v) is 7.40. The first-order valence-corrected chi connectivity index (χ1v) is 9.33. The fourth-order valence-corrected chi connectivity index (χ4v) is 3.57. The quantitative estimate of drug-likeness (QED) is 0.681. The number of para-hydroxylation sites is 1. The molecule has 2 aromatic carbocycles. The van der Waals surface area contributed by atoms with Gasteiger partial charge in [-0.05, 0) is 37.6 Å². The van der Waals surface area contributed by atoms with E-state index in [2.05, 4.69) is 15.5 Å². The lowest BCUT2D eigenvalue weighted by Gasteiger charge is -2.13. The van der Waals surface area contributed by atoms with Crippen LogP contribution in [0.25, 0.3) is 5.69 Å². The van der Waals surface area contributed by atoms with E-state index in [0.29, 0.717) is 22.3 Å². The van der Waals surface area contributed by atoms with E-state index < -0.39 is 0 Å². The van der Waals surface area contributed by atoms with E-state index in [1.54, 1.807) is 24.5 Å². The van der Waals surface area contributed by atoms with E-state index >= 15 is 0 Å². The number of fused-ring (bicyclic) bond motifs is 1. The first kappa shape index (κ1) is 17.4. The predicted molar refractivity (Wildman–Crippen MR) is 103 cm³/mol. The number of amides is 1. The largest absolute Gasteiger partial charge is 0.454 e. The topological polar surface area (TPSA) is 78.3 Å². The first-order chi connectivity index (χ1) is 13.1. The lowest BCUT2D eigenvalue weighted by atomic mass is 10.2. The van der Waals surface area contributed by atoms with Crippen molar-refractivity contribution in [2.45, 2.75) is 24.3 Å². The average Bonchev–Trinajstić information content (AvgIpc) is 3.31. The molecule has 2 heterocycles. The molecule has 0 radical (unpaired) electrons. The monoisotopic (exact) mass is 382 g/mol. The zero-order valence-electron chi connectivity index (χ0n) is 14.9. The second-order valence-electron chi connectivity index (χ2n) is 6.09. The van der Waals surface area contributed by atoms with Crippen molar-refractivity contribution in [2.75, 3.05) is 12.1 Å².